The summed E-state index contributed by atoms with van der Waals surface area (Å²) < 4.78 is 37.8. The van der Waals surface area contributed by atoms with Gasteiger partial charge in [-0.15, -0.1) is 11.6 Å². The molecule has 0 spiro atoms. The van der Waals surface area contributed by atoms with Crippen LogP contribution in [-0.2, 0) is 23.4 Å². The monoisotopic (exact) mass is 602 g/mol. The molecule has 0 aliphatic carbocycles. The Kier molecular flexibility index (Phi) is 8.72. The number of nitrogens with one attached hydrogen (secondary N) is 1. The van der Waals surface area contributed by atoms with Crippen molar-refractivity contribution in [3.05, 3.63) is 41.8 Å². The van der Waals surface area contributed by atoms with Crippen LogP contribution < -0.4 is 15.3 Å². The average molecular weight is 603 g/mol. The second kappa shape index (κ2) is 11.5. The highest BCUT2D eigenvalue weighted by Crippen LogP contribution is 2.48. The number of aliphatic hydroxyl groups excluding tert-OH is 1. The molecule has 0 unspecified atom stereocenters. The summed E-state index contributed by atoms with van der Waals surface area (Å²) in [5, 5.41) is 13.7. The molecule has 1 aliphatic rings. The Balaban J connectivity index is 1.55. The van der Waals surface area contributed by atoms with E-state index in [0.717, 1.165) is 0 Å². The van der Waals surface area contributed by atoms with Gasteiger partial charge in [0.25, 0.3) is 0 Å². The molecule has 1 saturated heterocycles. The van der Waals surface area contributed by atoms with Gasteiger partial charge in [0.15, 0.2) is 17.0 Å². The van der Waals surface area contributed by atoms with Gasteiger partial charge in [0.05, 0.1) is 19.0 Å². The van der Waals surface area contributed by atoms with Crippen LogP contribution in [0.4, 0.5) is 5.95 Å². The number of ether oxygens (including phenoxy) is 2. The molecule has 4 rings (SSSR count). The number of fused-ring (bicyclic) bond motifs is 1. The average Bonchev–Trinajstić information content (AvgIpc) is 3.36. The number of benzene rings is 1. The number of carbonyl (C=O) groups is 1. The number of hydrogen-bond donors (Lipinski definition) is 3. The van der Waals surface area contributed by atoms with Crippen molar-refractivity contribution < 1.29 is 33.0 Å². The second-order valence-electron chi connectivity index (χ2n) is 9.35. The maximum absolute atomic E-state index is 13.8. The zero-order valence-electron chi connectivity index (χ0n) is 21.5. The van der Waals surface area contributed by atoms with E-state index >= 15 is 0 Å². The molecule has 39 heavy (non-hydrogen) atoms. The zero-order valence-corrected chi connectivity index (χ0v) is 23.9. The number of nitrogens with zero attached hydrogens (tertiary/aromatic N) is 4. The number of rotatable bonds is 10. The highest BCUT2D eigenvalue weighted by molar-refractivity contribution is 7.52. The summed E-state index contributed by atoms with van der Waals surface area (Å²) in [6.07, 6.45) is -2.37. The van der Waals surface area contributed by atoms with Crippen LogP contribution in [0.25, 0.3) is 11.2 Å². The molecule has 4 N–H and O–H groups in total. The SMILES string of the molecule is CC(C)OC(=O)[C@H](C)N[P@@](=O)(OC[C@H]1O[C@@H](n2cnc3c(Cl)nc(N)nc32)[C@](C)(Cl)[C@@H]1O)Oc1ccccc1. The largest absolute Gasteiger partial charge is 0.462 e. The Morgan fingerprint density at radius 1 is 1.31 bits per heavy atom. The lowest BCUT2D eigenvalue weighted by Crippen LogP contribution is -2.40. The third-order valence-corrected chi connectivity index (χ3v) is 8.12. The highest BCUT2D eigenvalue weighted by Gasteiger charge is 2.54. The molecule has 1 aliphatic heterocycles. The van der Waals surface area contributed by atoms with Gasteiger partial charge in [-0.3, -0.25) is 13.9 Å². The van der Waals surface area contributed by atoms with Gasteiger partial charge in [0.2, 0.25) is 5.95 Å². The fourth-order valence-corrected chi connectivity index (χ4v) is 5.95. The molecule has 3 aromatic rings. The Hall–Kier alpha value is -2.51. The molecule has 0 saturated carbocycles. The molecular weight excluding hydrogens is 574 g/mol. The molecule has 13 nitrogen and oxygen atoms in total. The van der Waals surface area contributed by atoms with E-state index in [1.54, 1.807) is 51.1 Å². The predicted molar refractivity (Wildman–Crippen MR) is 143 cm³/mol. The molecule has 1 fully saturated rings. The first-order valence-electron chi connectivity index (χ1n) is 12.0. The van der Waals surface area contributed by atoms with Gasteiger partial charge in [-0.2, -0.15) is 15.1 Å². The fraction of sp³-hybridized carbons (Fsp3) is 0.478. The molecule has 3 heterocycles. The van der Waals surface area contributed by atoms with Gasteiger partial charge in [0.1, 0.15) is 34.4 Å². The van der Waals surface area contributed by atoms with Gasteiger partial charge < -0.3 is 24.8 Å². The molecule has 0 amide bonds. The number of alkyl halides is 1. The van der Waals surface area contributed by atoms with Gasteiger partial charge >= 0.3 is 13.7 Å². The van der Waals surface area contributed by atoms with Crippen LogP contribution in [0.3, 0.4) is 0 Å². The molecule has 212 valence electrons. The van der Waals surface area contributed by atoms with Crippen LogP contribution in [0.5, 0.6) is 5.75 Å². The minimum absolute atomic E-state index is 0.0427. The van der Waals surface area contributed by atoms with Crippen LogP contribution in [0.1, 0.15) is 33.9 Å². The number of halogens is 2. The van der Waals surface area contributed by atoms with E-state index in [-0.39, 0.29) is 34.1 Å². The molecular formula is C23H29Cl2N6O7P. The van der Waals surface area contributed by atoms with Crippen molar-refractivity contribution in [3.63, 3.8) is 0 Å². The Morgan fingerprint density at radius 3 is 2.67 bits per heavy atom. The normalized spacial score (nSPS) is 25.5. The number of para-hydroxylation sites is 1. The lowest BCUT2D eigenvalue weighted by molar-refractivity contribution is -0.149. The molecule has 0 radical (unpaired) electrons. The van der Waals surface area contributed by atoms with Gasteiger partial charge in [-0.25, -0.2) is 9.55 Å². The Labute approximate surface area is 234 Å². The predicted octanol–water partition coefficient (Wildman–Crippen LogP) is 3.45. The number of nitrogen functional groups attached to an aromatic ring is 1. The van der Waals surface area contributed by atoms with E-state index in [2.05, 4.69) is 20.0 Å². The summed E-state index contributed by atoms with van der Waals surface area (Å²) in [6, 6.07) is 7.22. The lowest BCUT2D eigenvalue weighted by atomic mass is 10.0. The van der Waals surface area contributed by atoms with Crippen molar-refractivity contribution >= 4 is 54.0 Å². The summed E-state index contributed by atoms with van der Waals surface area (Å²) in [5.74, 6) is -0.508. The van der Waals surface area contributed by atoms with Gasteiger partial charge in [0, 0.05) is 0 Å². The van der Waals surface area contributed by atoms with Gasteiger partial charge in [-0.1, -0.05) is 29.8 Å². The van der Waals surface area contributed by atoms with Crippen molar-refractivity contribution in [2.45, 2.75) is 63.2 Å². The number of aliphatic hydroxyl groups is 1. The molecule has 0 bridgehead atoms. The first-order chi connectivity index (χ1) is 18.3. The number of anilines is 1. The summed E-state index contributed by atoms with van der Waals surface area (Å²) in [4.78, 5) is 23.2. The number of hydrogen-bond acceptors (Lipinski definition) is 11. The van der Waals surface area contributed by atoms with E-state index in [1.165, 1.54) is 17.8 Å². The minimum atomic E-state index is -4.21. The smallest absolute Gasteiger partial charge is 0.459 e. The van der Waals surface area contributed by atoms with Gasteiger partial charge in [-0.05, 0) is 39.8 Å². The molecule has 1 aromatic carbocycles. The lowest BCUT2D eigenvalue weighted by Gasteiger charge is -2.26. The van der Waals surface area contributed by atoms with E-state index in [4.69, 9.17) is 47.5 Å². The van der Waals surface area contributed by atoms with Crippen molar-refractivity contribution in [2.75, 3.05) is 12.3 Å². The van der Waals surface area contributed by atoms with E-state index in [9.17, 15) is 14.5 Å². The standard InChI is InChI=1S/C23H29Cl2N6O7P/c1-12(2)36-20(33)13(3)30-39(34,38-14-8-6-5-7-9-14)35-10-15-17(32)23(4,25)21(37-15)31-11-27-16-18(24)28-22(26)29-19(16)31/h5-9,11-13,15,17,21,32H,10H2,1-4H3,(H,30,34)(H2,26,28,29)/t13-,15+,17+,21+,23+,39+/m0/s1. The molecule has 16 heteroatoms. The van der Waals surface area contributed by atoms with E-state index in [0.29, 0.717) is 0 Å². The topological polar surface area (TPSA) is 173 Å². The van der Waals surface area contributed by atoms with E-state index < -0.39 is 49.7 Å². The summed E-state index contributed by atoms with van der Waals surface area (Å²) in [5.41, 5.74) is 6.26. The summed E-state index contributed by atoms with van der Waals surface area (Å²) in [6.45, 7) is 5.98. The maximum Gasteiger partial charge on any atom is 0.459 e. The first-order valence-corrected chi connectivity index (χ1v) is 14.3. The number of carbonyl (C=O) groups excluding carboxylic acids is 1. The van der Waals surface area contributed by atoms with Crippen LogP contribution in [-0.4, -0.2) is 66.4 Å². The molecule has 6 atom stereocenters. The van der Waals surface area contributed by atoms with Crippen LogP contribution >= 0.6 is 30.9 Å². The second-order valence-corrected chi connectivity index (χ2v) is 12.2. The summed E-state index contributed by atoms with van der Waals surface area (Å²) >= 11 is 12.9. The quantitative estimate of drug-likeness (QED) is 0.134. The van der Waals surface area contributed by atoms with Crippen molar-refractivity contribution in [1.82, 2.24) is 24.6 Å². The van der Waals surface area contributed by atoms with Crippen LogP contribution in [0.2, 0.25) is 5.15 Å². The summed E-state index contributed by atoms with van der Waals surface area (Å²) in [7, 11) is -4.21. The minimum Gasteiger partial charge on any atom is -0.462 e. The Bertz CT molecular complexity index is 1380. The first kappa shape index (κ1) is 29.5. The van der Waals surface area contributed by atoms with Crippen molar-refractivity contribution in [2.24, 2.45) is 0 Å². The number of esters is 1. The third kappa shape index (κ3) is 6.46. The number of aromatic nitrogens is 4. The highest BCUT2D eigenvalue weighted by atomic mass is 35.5. The fourth-order valence-electron chi connectivity index (χ4n) is 3.93. The zero-order chi connectivity index (χ0) is 28.5. The van der Waals surface area contributed by atoms with Crippen LogP contribution in [0.15, 0.2) is 36.7 Å². The molecule has 2 aromatic heterocycles. The number of imidazole rings is 1. The van der Waals surface area contributed by atoms with E-state index in [1.807, 2.05) is 0 Å². The van der Waals surface area contributed by atoms with Crippen molar-refractivity contribution in [1.29, 1.82) is 0 Å². The maximum atomic E-state index is 13.8. The third-order valence-electron chi connectivity index (χ3n) is 5.80. The number of nitrogens with two attached hydrogens (primary N) is 1. The van der Waals surface area contributed by atoms with Crippen molar-refractivity contribution in [3.8, 4) is 5.75 Å². The van der Waals surface area contributed by atoms with Crippen LogP contribution in [0, 0.1) is 0 Å². The Morgan fingerprint density at radius 2 is 2.00 bits per heavy atom.